The molecule has 6 N–H and O–H groups in total. The highest BCUT2D eigenvalue weighted by atomic mass is 16.7. The zero-order valence-corrected chi connectivity index (χ0v) is 20.7. The predicted molar refractivity (Wildman–Crippen MR) is 136 cm³/mol. The van der Waals surface area contributed by atoms with Crippen LogP contribution in [0.15, 0.2) is 54.6 Å². The highest BCUT2D eigenvalue weighted by molar-refractivity contribution is 6.30. The van der Waals surface area contributed by atoms with Gasteiger partial charge in [0.25, 0.3) is 0 Å². The van der Waals surface area contributed by atoms with Gasteiger partial charge in [-0.15, -0.1) is 0 Å². The van der Waals surface area contributed by atoms with Gasteiger partial charge in [0.1, 0.15) is 24.4 Å². The van der Waals surface area contributed by atoms with Gasteiger partial charge in [0, 0.05) is 16.7 Å². The number of hydrogen-bond donors (Lipinski definition) is 6. The van der Waals surface area contributed by atoms with E-state index in [1.54, 1.807) is 6.07 Å². The Labute approximate surface area is 223 Å². The Balaban J connectivity index is 1.60. The zero-order chi connectivity index (χ0) is 27.8. The maximum atomic E-state index is 13.6. The molecule has 0 aromatic heterocycles. The van der Waals surface area contributed by atoms with Crippen molar-refractivity contribution in [1.29, 1.82) is 0 Å². The molecule has 10 nitrogen and oxygen atoms in total. The van der Waals surface area contributed by atoms with Crippen LogP contribution in [0.1, 0.15) is 48.5 Å². The van der Waals surface area contributed by atoms with Gasteiger partial charge in [-0.05, 0) is 47.7 Å². The maximum absolute atomic E-state index is 13.6. The summed E-state index contributed by atoms with van der Waals surface area (Å²) in [7, 11) is 0. The Bertz CT molecular complexity index is 1400. The van der Waals surface area contributed by atoms with Crippen molar-refractivity contribution in [2.75, 3.05) is 6.61 Å². The molecule has 1 heterocycles. The van der Waals surface area contributed by atoms with E-state index in [0.717, 1.165) is 5.56 Å². The van der Waals surface area contributed by atoms with E-state index >= 15 is 0 Å². The van der Waals surface area contributed by atoms with Gasteiger partial charge in [-0.1, -0.05) is 36.4 Å². The number of ketones is 2. The first-order valence-corrected chi connectivity index (χ1v) is 12.5. The van der Waals surface area contributed by atoms with Crippen LogP contribution < -0.4 is 4.74 Å². The van der Waals surface area contributed by atoms with Crippen molar-refractivity contribution < 1.29 is 49.7 Å². The van der Waals surface area contributed by atoms with Gasteiger partial charge in [-0.3, -0.25) is 9.59 Å². The normalized spacial score (nSPS) is 24.3. The second-order valence-corrected chi connectivity index (χ2v) is 9.63. The average Bonchev–Trinajstić information content (AvgIpc) is 2.96. The van der Waals surface area contributed by atoms with Crippen molar-refractivity contribution in [3.05, 3.63) is 93.5 Å². The van der Waals surface area contributed by atoms with E-state index in [1.807, 2.05) is 30.3 Å². The van der Waals surface area contributed by atoms with Crippen LogP contribution in [0.2, 0.25) is 0 Å². The maximum Gasteiger partial charge on any atom is 0.229 e. The summed E-state index contributed by atoms with van der Waals surface area (Å²) in [5.74, 6) is -2.07. The molecule has 3 aromatic rings. The van der Waals surface area contributed by atoms with Gasteiger partial charge < -0.3 is 40.1 Å². The van der Waals surface area contributed by atoms with E-state index in [4.69, 9.17) is 9.47 Å². The molecule has 39 heavy (non-hydrogen) atoms. The summed E-state index contributed by atoms with van der Waals surface area (Å²) in [4.78, 5) is 27.3. The summed E-state index contributed by atoms with van der Waals surface area (Å²) >= 11 is 0. The molecule has 5 atom stereocenters. The molecule has 1 aliphatic heterocycles. The number of phenolic OH excluding ortho intramolecular Hbond substituents is 1. The Hall–Kier alpha value is -3.64. The number of aryl methyl sites for hydroxylation is 2. The van der Waals surface area contributed by atoms with Gasteiger partial charge >= 0.3 is 0 Å². The first-order valence-electron chi connectivity index (χ1n) is 12.5. The van der Waals surface area contributed by atoms with Gasteiger partial charge in [-0.25, -0.2) is 0 Å². The number of rotatable bonds is 7. The molecule has 5 rings (SSSR count). The summed E-state index contributed by atoms with van der Waals surface area (Å²) < 4.78 is 11.1. The SMILES string of the molecule is O=C1c2ccc(CO)cc2C(=O)c2c(O)c(OC3OC(CO)C(O)C(O)C3O)cc(CCc3ccccc3)c21. The lowest BCUT2D eigenvalue weighted by molar-refractivity contribution is -0.277. The smallest absolute Gasteiger partial charge is 0.229 e. The summed E-state index contributed by atoms with van der Waals surface area (Å²) in [6, 6.07) is 15.3. The number of carbonyl (C=O) groups excluding carboxylic acids is 2. The van der Waals surface area contributed by atoms with E-state index in [2.05, 4.69) is 0 Å². The van der Waals surface area contributed by atoms with Crippen molar-refractivity contribution in [3.8, 4) is 11.5 Å². The lowest BCUT2D eigenvalue weighted by atomic mass is 9.79. The molecule has 1 fully saturated rings. The predicted octanol–water partition coefficient (Wildman–Crippen LogP) is 0.624. The van der Waals surface area contributed by atoms with Gasteiger partial charge in [0.15, 0.2) is 23.1 Å². The highest BCUT2D eigenvalue weighted by Gasteiger charge is 2.45. The Morgan fingerprint density at radius 2 is 1.49 bits per heavy atom. The number of fused-ring (bicyclic) bond motifs is 2. The monoisotopic (exact) mass is 536 g/mol. The minimum atomic E-state index is -1.75. The van der Waals surface area contributed by atoms with E-state index in [-0.39, 0.29) is 34.6 Å². The topological polar surface area (TPSA) is 174 Å². The summed E-state index contributed by atoms with van der Waals surface area (Å²) in [6.07, 6.45) is -7.16. The molecular weight excluding hydrogens is 508 g/mol. The Kier molecular flexibility index (Phi) is 7.50. The van der Waals surface area contributed by atoms with Crippen molar-refractivity contribution in [3.63, 3.8) is 0 Å². The summed E-state index contributed by atoms with van der Waals surface area (Å²) in [5, 5.41) is 60.9. The van der Waals surface area contributed by atoms with Crippen LogP contribution in [0, 0.1) is 0 Å². The fourth-order valence-corrected chi connectivity index (χ4v) is 5.03. The molecule has 204 valence electrons. The third-order valence-electron chi connectivity index (χ3n) is 7.17. The molecular formula is C29H28O10. The van der Waals surface area contributed by atoms with Crippen LogP contribution in [0.5, 0.6) is 11.5 Å². The second kappa shape index (κ2) is 10.9. The number of aliphatic hydroxyl groups excluding tert-OH is 5. The number of aliphatic hydroxyl groups is 5. The summed E-state index contributed by atoms with van der Waals surface area (Å²) in [5.41, 5.74) is 1.70. The quantitative estimate of drug-likeness (QED) is 0.197. The highest BCUT2D eigenvalue weighted by Crippen LogP contribution is 2.42. The second-order valence-electron chi connectivity index (χ2n) is 9.63. The molecule has 0 bridgehead atoms. The molecule has 3 aromatic carbocycles. The molecule has 0 amide bonds. The van der Waals surface area contributed by atoms with Crippen LogP contribution in [-0.4, -0.2) is 79.5 Å². The first kappa shape index (κ1) is 26.9. The number of hydrogen-bond acceptors (Lipinski definition) is 10. The fourth-order valence-electron chi connectivity index (χ4n) is 5.03. The number of phenols is 1. The lowest BCUT2D eigenvalue weighted by Crippen LogP contribution is -2.60. The molecule has 2 aliphatic rings. The molecule has 5 unspecified atom stereocenters. The van der Waals surface area contributed by atoms with Crippen LogP contribution >= 0.6 is 0 Å². The van der Waals surface area contributed by atoms with Gasteiger partial charge in [0.05, 0.1) is 18.8 Å². The average molecular weight is 537 g/mol. The Morgan fingerprint density at radius 3 is 2.18 bits per heavy atom. The van der Waals surface area contributed by atoms with Crippen LogP contribution in [-0.2, 0) is 24.2 Å². The van der Waals surface area contributed by atoms with E-state index in [9.17, 15) is 40.2 Å². The minimum absolute atomic E-state index is 0.0216. The largest absolute Gasteiger partial charge is 0.504 e. The third kappa shape index (κ3) is 4.82. The zero-order valence-electron chi connectivity index (χ0n) is 20.7. The number of benzene rings is 3. The molecule has 0 saturated carbocycles. The van der Waals surface area contributed by atoms with Crippen molar-refractivity contribution >= 4 is 11.6 Å². The molecule has 1 aliphatic carbocycles. The number of aromatic hydroxyl groups is 1. The van der Waals surface area contributed by atoms with Crippen molar-refractivity contribution in [2.24, 2.45) is 0 Å². The van der Waals surface area contributed by atoms with Gasteiger partial charge in [-0.2, -0.15) is 0 Å². The molecule has 0 spiro atoms. The molecule has 10 heteroatoms. The van der Waals surface area contributed by atoms with Gasteiger partial charge in [0.2, 0.25) is 6.29 Å². The van der Waals surface area contributed by atoms with Crippen LogP contribution in [0.4, 0.5) is 0 Å². The van der Waals surface area contributed by atoms with E-state index in [1.165, 1.54) is 18.2 Å². The third-order valence-corrected chi connectivity index (χ3v) is 7.17. The lowest BCUT2D eigenvalue weighted by Gasteiger charge is -2.39. The fraction of sp³-hybridized carbons (Fsp3) is 0.310. The Morgan fingerprint density at radius 1 is 0.769 bits per heavy atom. The first-order chi connectivity index (χ1) is 18.7. The minimum Gasteiger partial charge on any atom is -0.504 e. The molecule has 0 radical (unpaired) electrons. The molecule has 1 saturated heterocycles. The summed E-state index contributed by atoms with van der Waals surface area (Å²) in [6.45, 7) is -1.03. The number of ether oxygens (including phenoxy) is 2. The van der Waals surface area contributed by atoms with Crippen molar-refractivity contribution in [1.82, 2.24) is 0 Å². The number of carbonyl (C=O) groups is 2. The van der Waals surface area contributed by atoms with E-state index < -0.39 is 54.6 Å². The van der Waals surface area contributed by atoms with Crippen LogP contribution in [0.25, 0.3) is 0 Å². The van der Waals surface area contributed by atoms with Crippen LogP contribution in [0.3, 0.4) is 0 Å². The van der Waals surface area contributed by atoms with E-state index in [0.29, 0.717) is 24.0 Å². The standard InChI is InChI=1S/C29H28O10/c30-12-15-7-9-17-18(10-15)24(33)22-21(23(17)32)16(8-6-14-4-2-1-3-5-14)11-19(25(22)34)38-29-28(37)27(36)26(35)20(13-31)39-29/h1-5,7,9-11,20,26-31,34-37H,6,8,12-13H2. The van der Waals surface area contributed by atoms with Crippen molar-refractivity contribution in [2.45, 2.75) is 50.2 Å².